The highest BCUT2D eigenvalue weighted by Crippen LogP contribution is 2.29. The summed E-state index contributed by atoms with van der Waals surface area (Å²) in [7, 11) is 2.88. The van der Waals surface area contributed by atoms with Gasteiger partial charge in [-0.15, -0.1) is 0 Å². The molecule has 0 saturated heterocycles. The lowest BCUT2D eigenvalue weighted by Crippen LogP contribution is -1.99. The van der Waals surface area contributed by atoms with Crippen molar-refractivity contribution >= 4 is 24.7 Å². The fourth-order valence-corrected chi connectivity index (χ4v) is 2.02. The van der Waals surface area contributed by atoms with E-state index in [2.05, 4.69) is 17.4 Å². The first kappa shape index (κ1) is 17.0. The fourth-order valence-electron chi connectivity index (χ4n) is 1.91. The molecular weight excluding hydrogens is 316 g/mol. The van der Waals surface area contributed by atoms with Crippen LogP contribution in [0.15, 0.2) is 40.8 Å². The van der Waals surface area contributed by atoms with Gasteiger partial charge in [0.1, 0.15) is 12.4 Å². The molecule has 0 fully saturated rings. The van der Waals surface area contributed by atoms with Gasteiger partial charge in [0.05, 0.1) is 14.2 Å². The minimum absolute atomic E-state index is 0.144. The van der Waals surface area contributed by atoms with Crippen molar-refractivity contribution in [3.63, 3.8) is 0 Å². The lowest BCUT2D eigenvalue weighted by molar-refractivity contribution is 0.0561. The predicted molar refractivity (Wildman–Crippen MR) is 90.3 cm³/mol. The summed E-state index contributed by atoms with van der Waals surface area (Å²) in [5, 5.41) is 0. The Labute approximate surface area is 140 Å². The Balaban J connectivity index is 2.06. The van der Waals surface area contributed by atoms with Crippen LogP contribution in [-0.4, -0.2) is 25.9 Å². The van der Waals surface area contributed by atoms with Crippen molar-refractivity contribution in [2.45, 2.75) is 6.61 Å². The number of ether oxygens (including phenoxy) is 3. The van der Waals surface area contributed by atoms with Crippen molar-refractivity contribution in [3.05, 3.63) is 53.5 Å². The maximum absolute atomic E-state index is 11.3. The molecule has 0 aliphatic heterocycles. The third kappa shape index (κ3) is 4.56. The quantitative estimate of drug-likeness (QED) is 0.619. The second-order valence-corrected chi connectivity index (χ2v) is 4.91. The molecule has 2 rings (SSSR count). The van der Waals surface area contributed by atoms with Crippen LogP contribution in [0.5, 0.6) is 11.5 Å². The van der Waals surface area contributed by atoms with E-state index in [-0.39, 0.29) is 12.4 Å². The van der Waals surface area contributed by atoms with Crippen molar-refractivity contribution < 1.29 is 23.4 Å². The van der Waals surface area contributed by atoms with Crippen molar-refractivity contribution in [1.29, 1.82) is 0 Å². The Morgan fingerprint density at radius 1 is 1.22 bits per heavy atom. The van der Waals surface area contributed by atoms with Crippen LogP contribution in [0.1, 0.15) is 21.9 Å². The molecule has 0 radical (unpaired) electrons. The first-order valence-electron chi connectivity index (χ1n) is 6.93. The average Bonchev–Trinajstić information content (AvgIpc) is 3.06. The highest BCUT2D eigenvalue weighted by Gasteiger charge is 2.12. The van der Waals surface area contributed by atoms with E-state index in [1.54, 1.807) is 19.2 Å². The second kappa shape index (κ2) is 8.33. The molecule has 122 valence electrons. The van der Waals surface area contributed by atoms with Crippen LogP contribution in [-0.2, 0) is 11.3 Å². The monoisotopic (exact) mass is 334 g/mol. The zero-order valence-electron chi connectivity index (χ0n) is 12.9. The Morgan fingerprint density at radius 2 is 2.04 bits per heavy atom. The van der Waals surface area contributed by atoms with Gasteiger partial charge in [-0.3, -0.25) is 0 Å². The van der Waals surface area contributed by atoms with Crippen LogP contribution in [0, 0.1) is 0 Å². The van der Waals surface area contributed by atoms with Crippen LogP contribution >= 0.6 is 12.6 Å². The third-order valence-corrected chi connectivity index (χ3v) is 3.23. The zero-order valence-corrected chi connectivity index (χ0v) is 13.8. The van der Waals surface area contributed by atoms with E-state index in [0.717, 1.165) is 5.56 Å². The molecule has 0 atom stereocenters. The fraction of sp³-hybridized carbons (Fsp3) is 0.235. The minimum atomic E-state index is -0.519. The van der Waals surface area contributed by atoms with Gasteiger partial charge in [0, 0.05) is 5.75 Å². The molecule has 0 spiro atoms. The first-order valence-corrected chi connectivity index (χ1v) is 7.56. The number of benzene rings is 1. The van der Waals surface area contributed by atoms with E-state index in [1.807, 2.05) is 30.4 Å². The maximum atomic E-state index is 11.3. The molecule has 0 amide bonds. The zero-order chi connectivity index (χ0) is 16.7. The van der Waals surface area contributed by atoms with Crippen LogP contribution < -0.4 is 9.47 Å². The van der Waals surface area contributed by atoms with Crippen molar-refractivity contribution in [2.75, 3.05) is 20.0 Å². The smallest absolute Gasteiger partial charge is 0.373 e. The minimum Gasteiger partial charge on any atom is -0.493 e. The third-order valence-electron chi connectivity index (χ3n) is 3.02. The number of hydrogen-bond donors (Lipinski definition) is 1. The highest BCUT2D eigenvalue weighted by atomic mass is 32.1. The van der Waals surface area contributed by atoms with Crippen molar-refractivity contribution in [1.82, 2.24) is 0 Å². The number of esters is 1. The lowest BCUT2D eigenvalue weighted by Gasteiger charge is -2.10. The predicted octanol–water partition coefficient (Wildman–Crippen LogP) is 3.60. The number of thiol groups is 1. The van der Waals surface area contributed by atoms with Crippen molar-refractivity contribution in [2.24, 2.45) is 0 Å². The summed E-state index contributed by atoms with van der Waals surface area (Å²) < 4.78 is 21.0. The van der Waals surface area contributed by atoms with E-state index in [0.29, 0.717) is 23.0 Å². The number of furan rings is 1. The molecular formula is C17H18O5S. The van der Waals surface area contributed by atoms with E-state index in [9.17, 15) is 4.79 Å². The molecule has 0 aliphatic carbocycles. The molecule has 0 unspecified atom stereocenters. The highest BCUT2D eigenvalue weighted by molar-refractivity contribution is 7.80. The Kier molecular flexibility index (Phi) is 6.17. The summed E-state index contributed by atoms with van der Waals surface area (Å²) >= 11 is 4.13. The van der Waals surface area contributed by atoms with Crippen molar-refractivity contribution in [3.8, 4) is 11.5 Å². The van der Waals surface area contributed by atoms with Gasteiger partial charge in [-0.25, -0.2) is 4.79 Å². The van der Waals surface area contributed by atoms with Crippen LogP contribution in [0.2, 0.25) is 0 Å². The van der Waals surface area contributed by atoms with Gasteiger partial charge in [0.2, 0.25) is 5.76 Å². The molecule has 0 bridgehead atoms. The normalized spacial score (nSPS) is 10.7. The number of methoxy groups -OCH3 is 2. The van der Waals surface area contributed by atoms with Gasteiger partial charge < -0.3 is 18.6 Å². The van der Waals surface area contributed by atoms with E-state index in [1.165, 1.54) is 7.11 Å². The summed E-state index contributed by atoms with van der Waals surface area (Å²) in [5.41, 5.74) is 0.995. The largest absolute Gasteiger partial charge is 0.493 e. The number of hydrogen-bond acceptors (Lipinski definition) is 6. The molecule has 1 aromatic heterocycles. The standard InChI is InChI=1S/C17H18O5S/c1-19-16-10-12(4-3-9-23)5-7-14(16)21-11-13-6-8-15(22-13)17(18)20-2/h3-8,10,23H,9,11H2,1-2H3. The van der Waals surface area contributed by atoms with Gasteiger partial charge in [-0.05, 0) is 29.8 Å². The summed E-state index contributed by atoms with van der Waals surface area (Å²) in [6.45, 7) is 0.180. The molecule has 23 heavy (non-hydrogen) atoms. The van der Waals surface area contributed by atoms with Crippen LogP contribution in [0.25, 0.3) is 6.08 Å². The molecule has 5 nitrogen and oxygen atoms in total. The maximum Gasteiger partial charge on any atom is 0.373 e. The van der Waals surface area contributed by atoms with Crippen LogP contribution in [0.4, 0.5) is 0 Å². The summed E-state index contributed by atoms with van der Waals surface area (Å²) in [5.74, 6) is 2.02. The summed E-state index contributed by atoms with van der Waals surface area (Å²) in [6, 6.07) is 8.83. The summed E-state index contributed by atoms with van der Waals surface area (Å²) in [4.78, 5) is 11.3. The van der Waals surface area contributed by atoms with E-state index < -0.39 is 5.97 Å². The number of rotatable bonds is 7. The SMILES string of the molecule is COC(=O)c1ccc(COc2ccc(C=CCS)cc2OC)o1. The van der Waals surface area contributed by atoms with Gasteiger partial charge in [0.15, 0.2) is 11.5 Å². The summed E-state index contributed by atoms with van der Waals surface area (Å²) in [6.07, 6.45) is 3.89. The van der Waals surface area contributed by atoms with Gasteiger partial charge in [-0.1, -0.05) is 18.2 Å². The Bertz CT molecular complexity index is 690. The van der Waals surface area contributed by atoms with E-state index in [4.69, 9.17) is 13.9 Å². The van der Waals surface area contributed by atoms with E-state index >= 15 is 0 Å². The average molecular weight is 334 g/mol. The molecule has 0 N–H and O–H groups in total. The number of carbonyl (C=O) groups excluding carboxylic acids is 1. The van der Waals surface area contributed by atoms with Gasteiger partial charge >= 0.3 is 5.97 Å². The topological polar surface area (TPSA) is 57.9 Å². The molecule has 0 aliphatic rings. The van der Waals surface area contributed by atoms with Crippen LogP contribution in [0.3, 0.4) is 0 Å². The Morgan fingerprint density at radius 3 is 2.74 bits per heavy atom. The molecule has 1 aromatic carbocycles. The first-order chi connectivity index (χ1) is 11.2. The molecule has 6 heteroatoms. The molecule has 0 saturated carbocycles. The molecule has 2 aromatic rings. The van der Waals surface area contributed by atoms with Gasteiger partial charge in [-0.2, -0.15) is 12.6 Å². The van der Waals surface area contributed by atoms with Gasteiger partial charge in [0.25, 0.3) is 0 Å². The number of carbonyl (C=O) groups is 1. The second-order valence-electron chi connectivity index (χ2n) is 4.54. The lowest BCUT2D eigenvalue weighted by atomic mass is 10.2. The molecule has 1 heterocycles. The Hall–Kier alpha value is -2.34.